The molecule has 0 radical (unpaired) electrons. The summed E-state index contributed by atoms with van der Waals surface area (Å²) < 4.78 is 26.6. The second kappa shape index (κ2) is 6.61. The van der Waals surface area contributed by atoms with Gasteiger partial charge >= 0.3 is 0 Å². The molecule has 1 N–H and O–H groups in total. The van der Waals surface area contributed by atoms with Crippen molar-refractivity contribution >= 4 is 5.82 Å². The van der Waals surface area contributed by atoms with Gasteiger partial charge < -0.3 is 5.32 Å². The van der Waals surface area contributed by atoms with Crippen LogP contribution < -0.4 is 5.32 Å². The lowest BCUT2D eigenvalue weighted by Gasteiger charge is -2.17. The molecule has 0 aliphatic carbocycles. The van der Waals surface area contributed by atoms with E-state index in [9.17, 15) is 8.78 Å². The number of nitrogens with one attached hydrogen (secondary N) is 1. The number of rotatable bonds is 5. The summed E-state index contributed by atoms with van der Waals surface area (Å²) >= 11 is 0. The molecule has 112 valence electrons. The van der Waals surface area contributed by atoms with Gasteiger partial charge in [0, 0.05) is 17.7 Å². The van der Waals surface area contributed by atoms with Crippen molar-refractivity contribution < 1.29 is 8.78 Å². The molecule has 3 nitrogen and oxygen atoms in total. The highest BCUT2D eigenvalue weighted by Crippen LogP contribution is 2.32. The first-order valence-electron chi connectivity index (χ1n) is 7.08. The lowest BCUT2D eigenvalue weighted by Crippen LogP contribution is -2.09. The molecule has 0 bridgehead atoms. The SMILES string of the molecule is CCCNc1ncnc(-c2ccc(F)c(F)c2)c1C(C)C. The molecule has 1 heterocycles. The first-order valence-corrected chi connectivity index (χ1v) is 7.08. The monoisotopic (exact) mass is 291 g/mol. The van der Waals surface area contributed by atoms with Crippen LogP contribution in [0.15, 0.2) is 24.5 Å². The minimum absolute atomic E-state index is 0.161. The number of hydrogen-bond acceptors (Lipinski definition) is 3. The molecule has 0 aliphatic rings. The Morgan fingerprint density at radius 2 is 1.90 bits per heavy atom. The number of anilines is 1. The van der Waals surface area contributed by atoms with Gasteiger partial charge in [-0.1, -0.05) is 20.8 Å². The van der Waals surface area contributed by atoms with E-state index in [1.54, 1.807) is 0 Å². The molecule has 0 aliphatic heterocycles. The third-order valence-corrected chi connectivity index (χ3v) is 3.20. The summed E-state index contributed by atoms with van der Waals surface area (Å²) in [7, 11) is 0. The molecule has 0 saturated carbocycles. The minimum atomic E-state index is -0.871. The topological polar surface area (TPSA) is 37.8 Å². The van der Waals surface area contributed by atoms with Gasteiger partial charge in [-0.25, -0.2) is 18.7 Å². The molecule has 2 aromatic rings. The molecule has 1 aromatic carbocycles. The van der Waals surface area contributed by atoms with E-state index in [-0.39, 0.29) is 5.92 Å². The summed E-state index contributed by atoms with van der Waals surface area (Å²) in [6, 6.07) is 3.83. The van der Waals surface area contributed by atoms with Crippen molar-refractivity contribution in [2.24, 2.45) is 0 Å². The first kappa shape index (κ1) is 15.4. The molecule has 0 unspecified atom stereocenters. The van der Waals surface area contributed by atoms with Crippen molar-refractivity contribution in [1.29, 1.82) is 0 Å². The van der Waals surface area contributed by atoms with Crippen LogP contribution in [0.25, 0.3) is 11.3 Å². The molecule has 5 heteroatoms. The second-order valence-electron chi connectivity index (χ2n) is 5.19. The lowest BCUT2D eigenvalue weighted by molar-refractivity contribution is 0.509. The smallest absolute Gasteiger partial charge is 0.159 e. The predicted molar refractivity (Wildman–Crippen MR) is 80.3 cm³/mol. The number of benzene rings is 1. The second-order valence-corrected chi connectivity index (χ2v) is 5.19. The van der Waals surface area contributed by atoms with Crippen LogP contribution in [-0.4, -0.2) is 16.5 Å². The Labute approximate surface area is 123 Å². The molecule has 1 aromatic heterocycles. The van der Waals surface area contributed by atoms with E-state index in [0.29, 0.717) is 11.3 Å². The average Bonchev–Trinajstić information content (AvgIpc) is 2.47. The Bertz CT molecular complexity index is 627. The number of hydrogen-bond donors (Lipinski definition) is 1. The summed E-state index contributed by atoms with van der Waals surface area (Å²) in [5, 5.41) is 3.26. The normalized spacial score (nSPS) is 11.0. The Morgan fingerprint density at radius 1 is 1.14 bits per heavy atom. The van der Waals surface area contributed by atoms with Gasteiger partial charge in [-0.3, -0.25) is 0 Å². The third-order valence-electron chi connectivity index (χ3n) is 3.20. The Hall–Kier alpha value is -2.04. The van der Waals surface area contributed by atoms with Gasteiger partial charge in [0.15, 0.2) is 11.6 Å². The highest BCUT2D eigenvalue weighted by molar-refractivity contribution is 5.69. The van der Waals surface area contributed by atoms with E-state index in [2.05, 4.69) is 22.2 Å². The van der Waals surface area contributed by atoms with E-state index in [1.807, 2.05) is 13.8 Å². The maximum absolute atomic E-state index is 13.5. The van der Waals surface area contributed by atoms with Gasteiger partial charge in [-0.2, -0.15) is 0 Å². The predicted octanol–water partition coefficient (Wildman–Crippen LogP) is 4.37. The fourth-order valence-corrected chi connectivity index (χ4v) is 2.20. The van der Waals surface area contributed by atoms with E-state index in [1.165, 1.54) is 18.5 Å². The fraction of sp³-hybridized carbons (Fsp3) is 0.375. The zero-order valence-corrected chi connectivity index (χ0v) is 12.5. The zero-order valence-electron chi connectivity index (χ0n) is 12.5. The van der Waals surface area contributed by atoms with E-state index >= 15 is 0 Å². The molecule has 0 fully saturated rings. The maximum atomic E-state index is 13.5. The molecule has 21 heavy (non-hydrogen) atoms. The van der Waals surface area contributed by atoms with Gasteiger partial charge in [-0.05, 0) is 30.5 Å². The Morgan fingerprint density at radius 3 is 2.52 bits per heavy atom. The van der Waals surface area contributed by atoms with Crippen molar-refractivity contribution in [3.05, 3.63) is 41.7 Å². The quantitative estimate of drug-likeness (QED) is 0.889. The van der Waals surface area contributed by atoms with Crippen molar-refractivity contribution in [2.75, 3.05) is 11.9 Å². The molecule has 0 saturated heterocycles. The lowest BCUT2D eigenvalue weighted by atomic mass is 9.97. The minimum Gasteiger partial charge on any atom is -0.370 e. The molecule has 0 atom stereocenters. The summed E-state index contributed by atoms with van der Waals surface area (Å²) in [5.41, 5.74) is 2.11. The largest absolute Gasteiger partial charge is 0.370 e. The third kappa shape index (κ3) is 3.35. The fourth-order valence-electron chi connectivity index (χ4n) is 2.20. The van der Waals surface area contributed by atoms with Gasteiger partial charge in [-0.15, -0.1) is 0 Å². The van der Waals surface area contributed by atoms with Crippen LogP contribution in [0.5, 0.6) is 0 Å². The zero-order chi connectivity index (χ0) is 15.4. The van der Waals surface area contributed by atoms with Gasteiger partial charge in [0.05, 0.1) is 5.69 Å². The number of nitrogens with zero attached hydrogens (tertiary/aromatic N) is 2. The summed E-state index contributed by atoms with van der Waals surface area (Å²) in [6.45, 7) is 6.92. The molecular formula is C16H19F2N3. The molecule has 0 spiro atoms. The summed E-state index contributed by atoms with van der Waals surface area (Å²) in [6.07, 6.45) is 2.42. The number of aromatic nitrogens is 2. The van der Waals surface area contributed by atoms with E-state index in [4.69, 9.17) is 0 Å². The van der Waals surface area contributed by atoms with Crippen LogP contribution in [0, 0.1) is 11.6 Å². The highest BCUT2D eigenvalue weighted by Gasteiger charge is 2.17. The summed E-state index contributed by atoms with van der Waals surface area (Å²) in [4.78, 5) is 8.54. The van der Waals surface area contributed by atoms with E-state index < -0.39 is 11.6 Å². The Kier molecular flexibility index (Phi) is 4.83. The standard InChI is InChI=1S/C16H19F2N3/c1-4-7-19-16-14(10(2)3)15(20-9-21-16)11-5-6-12(17)13(18)8-11/h5-6,8-10H,4,7H2,1-3H3,(H,19,20,21). The maximum Gasteiger partial charge on any atom is 0.159 e. The van der Waals surface area contributed by atoms with Crippen molar-refractivity contribution in [2.45, 2.75) is 33.1 Å². The Balaban J connectivity index is 2.54. The van der Waals surface area contributed by atoms with Gasteiger partial charge in [0.1, 0.15) is 12.1 Å². The van der Waals surface area contributed by atoms with E-state index in [0.717, 1.165) is 30.4 Å². The average molecular weight is 291 g/mol. The summed E-state index contributed by atoms with van der Waals surface area (Å²) in [5.74, 6) is -0.817. The van der Waals surface area contributed by atoms with Gasteiger partial charge in [0.25, 0.3) is 0 Å². The van der Waals surface area contributed by atoms with Crippen LogP contribution in [-0.2, 0) is 0 Å². The van der Waals surface area contributed by atoms with Gasteiger partial charge in [0.2, 0.25) is 0 Å². The van der Waals surface area contributed by atoms with Crippen molar-refractivity contribution in [1.82, 2.24) is 9.97 Å². The number of halogens is 2. The van der Waals surface area contributed by atoms with Crippen LogP contribution in [0.3, 0.4) is 0 Å². The highest BCUT2D eigenvalue weighted by atomic mass is 19.2. The van der Waals surface area contributed by atoms with Crippen LogP contribution in [0.4, 0.5) is 14.6 Å². The molecule has 0 amide bonds. The van der Waals surface area contributed by atoms with Crippen LogP contribution in [0.1, 0.15) is 38.7 Å². The van der Waals surface area contributed by atoms with Crippen LogP contribution >= 0.6 is 0 Å². The van der Waals surface area contributed by atoms with Crippen molar-refractivity contribution in [3.63, 3.8) is 0 Å². The molecular weight excluding hydrogens is 272 g/mol. The first-order chi connectivity index (χ1) is 10.0. The van der Waals surface area contributed by atoms with Crippen LogP contribution in [0.2, 0.25) is 0 Å². The van der Waals surface area contributed by atoms with Crippen molar-refractivity contribution in [3.8, 4) is 11.3 Å². The molecule has 2 rings (SSSR count).